The molecule has 2 amide bonds. The SMILES string of the molecule is O=C1CS(=O)(=O)[C@]2(C(=O)N(Cc3ccccc3F)c3ccccc32)N1c1cccc(Cl)c1. The molecule has 2 aliphatic rings. The molecule has 2 aliphatic heterocycles. The zero-order chi connectivity index (χ0) is 22.7. The predicted molar refractivity (Wildman–Crippen MR) is 118 cm³/mol. The molecule has 1 atom stereocenters. The summed E-state index contributed by atoms with van der Waals surface area (Å²) >= 11 is 6.10. The lowest BCUT2D eigenvalue weighted by molar-refractivity contribution is -0.123. The Hall–Kier alpha value is -3.23. The molecule has 6 nitrogen and oxygen atoms in total. The summed E-state index contributed by atoms with van der Waals surface area (Å²) in [6.45, 7) is -0.183. The Balaban J connectivity index is 1.76. The van der Waals surface area contributed by atoms with Crippen molar-refractivity contribution in [3.05, 3.63) is 94.8 Å². The van der Waals surface area contributed by atoms with Gasteiger partial charge in [-0.3, -0.25) is 14.5 Å². The number of fused-ring (bicyclic) bond motifs is 2. The summed E-state index contributed by atoms with van der Waals surface area (Å²) < 4.78 is 41.4. The highest BCUT2D eigenvalue weighted by Crippen LogP contribution is 2.52. The number of amides is 2. The van der Waals surface area contributed by atoms with Gasteiger partial charge >= 0.3 is 0 Å². The lowest BCUT2D eigenvalue weighted by atomic mass is 10.0. The number of hydrogen-bond donors (Lipinski definition) is 0. The third-order valence-electron chi connectivity index (χ3n) is 5.78. The van der Waals surface area contributed by atoms with Crippen LogP contribution in [0, 0.1) is 5.82 Å². The fourth-order valence-electron chi connectivity index (χ4n) is 4.46. The molecular weight excluding hydrogens is 455 g/mol. The highest BCUT2D eigenvalue weighted by Gasteiger charge is 2.69. The van der Waals surface area contributed by atoms with E-state index in [4.69, 9.17) is 11.6 Å². The first kappa shape index (κ1) is 20.7. The van der Waals surface area contributed by atoms with Crippen LogP contribution in [0.1, 0.15) is 11.1 Å². The summed E-state index contributed by atoms with van der Waals surface area (Å²) in [6, 6.07) is 18.5. The third-order valence-corrected chi connectivity index (χ3v) is 8.11. The van der Waals surface area contributed by atoms with Gasteiger partial charge in [0.1, 0.15) is 11.6 Å². The molecule has 0 aliphatic carbocycles. The lowest BCUT2D eigenvalue weighted by Gasteiger charge is -2.32. The third kappa shape index (κ3) is 2.73. The second-order valence-electron chi connectivity index (χ2n) is 7.61. The van der Waals surface area contributed by atoms with E-state index in [2.05, 4.69) is 0 Å². The molecule has 0 bridgehead atoms. The lowest BCUT2D eigenvalue weighted by Crippen LogP contribution is -2.54. The van der Waals surface area contributed by atoms with Gasteiger partial charge in [0, 0.05) is 21.8 Å². The van der Waals surface area contributed by atoms with Gasteiger partial charge in [-0.05, 0) is 30.3 Å². The highest BCUT2D eigenvalue weighted by atomic mass is 35.5. The molecule has 3 aromatic rings. The van der Waals surface area contributed by atoms with Gasteiger partial charge in [0.15, 0.2) is 9.84 Å². The van der Waals surface area contributed by atoms with E-state index in [0.29, 0.717) is 5.69 Å². The van der Waals surface area contributed by atoms with Gasteiger partial charge in [-0.2, -0.15) is 0 Å². The van der Waals surface area contributed by atoms with E-state index < -0.39 is 38.1 Å². The zero-order valence-corrected chi connectivity index (χ0v) is 18.1. The van der Waals surface area contributed by atoms with Crippen molar-refractivity contribution in [1.29, 1.82) is 0 Å². The first-order valence-corrected chi connectivity index (χ1v) is 11.8. The maximum Gasteiger partial charge on any atom is 0.274 e. The van der Waals surface area contributed by atoms with Gasteiger partial charge in [-0.1, -0.05) is 54.1 Å². The molecule has 1 fully saturated rings. The molecule has 0 unspecified atom stereocenters. The van der Waals surface area contributed by atoms with Gasteiger partial charge in [0.2, 0.25) is 5.91 Å². The molecule has 1 saturated heterocycles. The number of benzene rings is 3. The minimum atomic E-state index is -4.30. The van der Waals surface area contributed by atoms with Crippen LogP contribution >= 0.6 is 11.6 Å². The molecule has 0 saturated carbocycles. The number of carbonyl (C=O) groups is 2. The minimum Gasteiger partial charge on any atom is -0.304 e. The Bertz CT molecular complexity index is 1390. The number of anilines is 2. The Morgan fingerprint density at radius 2 is 1.69 bits per heavy atom. The molecule has 0 aromatic heterocycles. The number of rotatable bonds is 3. The summed E-state index contributed by atoms with van der Waals surface area (Å²) in [5, 5.41) is 0.289. The molecule has 0 N–H and O–H groups in total. The van der Waals surface area contributed by atoms with Crippen LogP contribution < -0.4 is 9.80 Å². The first-order valence-electron chi connectivity index (χ1n) is 9.73. The van der Waals surface area contributed by atoms with Crippen LogP contribution in [0.5, 0.6) is 0 Å². The van der Waals surface area contributed by atoms with Gasteiger partial charge in [-0.25, -0.2) is 12.8 Å². The Kier molecular flexibility index (Phi) is 4.61. The number of carbonyl (C=O) groups excluding carboxylic acids is 2. The number of halogens is 2. The maximum atomic E-state index is 14.4. The van der Waals surface area contributed by atoms with E-state index in [-0.39, 0.29) is 28.4 Å². The van der Waals surface area contributed by atoms with Gasteiger partial charge < -0.3 is 4.90 Å². The summed E-state index contributed by atoms with van der Waals surface area (Å²) in [4.78, 5) is 26.9. The van der Waals surface area contributed by atoms with Crippen LogP contribution in [0.4, 0.5) is 15.8 Å². The molecule has 5 rings (SSSR count). The molecule has 1 spiro atoms. The summed E-state index contributed by atoms with van der Waals surface area (Å²) in [6.07, 6.45) is 0. The van der Waals surface area contributed by atoms with Gasteiger partial charge in [-0.15, -0.1) is 0 Å². The van der Waals surface area contributed by atoms with E-state index >= 15 is 0 Å². The second kappa shape index (κ2) is 7.15. The summed E-state index contributed by atoms with van der Waals surface area (Å²) in [5.41, 5.74) is 0.890. The van der Waals surface area contributed by atoms with Crippen molar-refractivity contribution < 1.29 is 22.4 Å². The van der Waals surface area contributed by atoms with Crippen LogP contribution in [0.25, 0.3) is 0 Å². The standard InChI is InChI=1S/C23H16ClFN2O4S/c24-16-7-5-8-17(12-16)27-21(28)14-32(30,31)23(27)18-9-2-4-11-20(18)26(22(23)29)13-15-6-1-3-10-19(15)25/h1-12H,13-14H2/t23-/m1/s1. The van der Waals surface area contributed by atoms with Crippen molar-refractivity contribution in [3.63, 3.8) is 0 Å². The molecular formula is C23H16ClFN2O4S. The average molecular weight is 471 g/mol. The fourth-order valence-corrected chi connectivity index (χ4v) is 6.68. The topological polar surface area (TPSA) is 74.8 Å². The Labute approximate surface area is 188 Å². The molecule has 162 valence electrons. The molecule has 3 aromatic carbocycles. The van der Waals surface area contributed by atoms with E-state index in [9.17, 15) is 22.4 Å². The number of para-hydroxylation sites is 1. The van der Waals surface area contributed by atoms with Crippen molar-refractivity contribution >= 4 is 44.6 Å². The monoisotopic (exact) mass is 470 g/mol. The van der Waals surface area contributed by atoms with Crippen molar-refractivity contribution in [2.75, 3.05) is 15.6 Å². The molecule has 2 heterocycles. The second-order valence-corrected chi connectivity index (χ2v) is 10.2. The van der Waals surface area contributed by atoms with Crippen LogP contribution in [0.2, 0.25) is 5.02 Å². The normalized spacial score (nSPS) is 21.4. The smallest absolute Gasteiger partial charge is 0.274 e. The maximum absolute atomic E-state index is 14.4. The largest absolute Gasteiger partial charge is 0.304 e. The van der Waals surface area contributed by atoms with Gasteiger partial charge in [0.05, 0.1) is 12.2 Å². The van der Waals surface area contributed by atoms with Crippen molar-refractivity contribution in [2.24, 2.45) is 0 Å². The van der Waals surface area contributed by atoms with E-state index in [0.717, 1.165) is 4.90 Å². The molecule has 32 heavy (non-hydrogen) atoms. The van der Waals surface area contributed by atoms with E-state index in [1.54, 1.807) is 36.4 Å². The van der Waals surface area contributed by atoms with Crippen molar-refractivity contribution in [3.8, 4) is 0 Å². The van der Waals surface area contributed by atoms with Crippen LogP contribution in [-0.2, 0) is 30.8 Å². The summed E-state index contributed by atoms with van der Waals surface area (Å²) in [5.74, 6) is -2.90. The van der Waals surface area contributed by atoms with Crippen molar-refractivity contribution in [2.45, 2.75) is 11.4 Å². The zero-order valence-electron chi connectivity index (χ0n) is 16.5. The van der Waals surface area contributed by atoms with Crippen LogP contribution in [0.3, 0.4) is 0 Å². The molecule has 9 heteroatoms. The molecule has 0 radical (unpaired) electrons. The quantitative estimate of drug-likeness (QED) is 0.585. The van der Waals surface area contributed by atoms with Gasteiger partial charge in [0.25, 0.3) is 10.8 Å². The Morgan fingerprint density at radius 3 is 2.44 bits per heavy atom. The number of nitrogens with zero attached hydrogens (tertiary/aromatic N) is 2. The van der Waals surface area contributed by atoms with Crippen molar-refractivity contribution in [1.82, 2.24) is 0 Å². The van der Waals surface area contributed by atoms with Crippen LogP contribution in [-0.4, -0.2) is 26.0 Å². The predicted octanol–water partition coefficient (Wildman–Crippen LogP) is 3.64. The number of hydrogen-bond acceptors (Lipinski definition) is 4. The first-order chi connectivity index (χ1) is 15.3. The minimum absolute atomic E-state index is 0.159. The van der Waals surface area contributed by atoms with E-state index in [1.807, 2.05) is 0 Å². The summed E-state index contributed by atoms with van der Waals surface area (Å²) in [7, 11) is -4.30. The average Bonchev–Trinajstić information content (AvgIpc) is 3.12. The van der Waals surface area contributed by atoms with E-state index in [1.165, 1.54) is 41.3 Å². The van der Waals surface area contributed by atoms with Crippen LogP contribution in [0.15, 0.2) is 72.8 Å². The highest BCUT2D eigenvalue weighted by molar-refractivity contribution is 7.94. The fraction of sp³-hybridized carbons (Fsp3) is 0.130. The Morgan fingerprint density at radius 1 is 0.969 bits per heavy atom. The number of sulfone groups is 1.